The van der Waals surface area contributed by atoms with Crippen LogP contribution in [0, 0.1) is 0 Å². The summed E-state index contributed by atoms with van der Waals surface area (Å²) in [5.41, 5.74) is 6.92. The first-order chi connectivity index (χ1) is 10.2. The van der Waals surface area contributed by atoms with Crippen LogP contribution < -0.4 is 11.1 Å². The van der Waals surface area contributed by atoms with Crippen LogP contribution in [0.1, 0.15) is 23.5 Å². The van der Waals surface area contributed by atoms with Crippen LogP contribution in [0.2, 0.25) is 0 Å². The minimum Gasteiger partial charge on any atom is -0.370 e. The second-order valence-corrected chi connectivity index (χ2v) is 4.76. The fraction of sp³-hybridized carbons (Fsp3) is 0.176. The quantitative estimate of drug-likeness (QED) is 0.848. The number of primary amides is 1. The molecule has 108 valence electrons. The molecule has 0 aliphatic carbocycles. The third kappa shape index (κ3) is 4.18. The van der Waals surface area contributed by atoms with Gasteiger partial charge in [0.2, 0.25) is 11.8 Å². The normalized spacial score (nSPS) is 10.3. The molecule has 2 rings (SSSR count). The number of amides is 2. The summed E-state index contributed by atoms with van der Waals surface area (Å²) in [6.45, 7) is 0.254. The second kappa shape index (κ2) is 7.24. The Labute approximate surface area is 124 Å². The Balaban J connectivity index is 2.21. The maximum atomic E-state index is 12.5. The predicted molar refractivity (Wildman–Crippen MR) is 81.5 cm³/mol. The average Bonchev–Trinajstić information content (AvgIpc) is 2.49. The van der Waals surface area contributed by atoms with E-state index >= 15 is 0 Å². The monoisotopic (exact) mass is 282 g/mol. The summed E-state index contributed by atoms with van der Waals surface area (Å²) in [5.74, 6) is -0.944. The van der Waals surface area contributed by atoms with Gasteiger partial charge in [0.15, 0.2) is 0 Å². The molecule has 0 spiro atoms. The van der Waals surface area contributed by atoms with Gasteiger partial charge in [0.25, 0.3) is 0 Å². The van der Waals surface area contributed by atoms with Crippen LogP contribution in [0.4, 0.5) is 0 Å². The molecule has 2 aromatic rings. The van der Waals surface area contributed by atoms with Gasteiger partial charge in [-0.2, -0.15) is 0 Å². The summed E-state index contributed by atoms with van der Waals surface area (Å²) < 4.78 is 0. The van der Waals surface area contributed by atoms with Gasteiger partial charge in [-0.3, -0.25) is 9.59 Å². The first-order valence-electron chi connectivity index (χ1n) is 6.84. The number of nitrogens with two attached hydrogens (primary N) is 1. The molecule has 2 aromatic carbocycles. The highest BCUT2D eigenvalue weighted by Gasteiger charge is 2.21. The molecule has 0 aliphatic heterocycles. The third-order valence-corrected chi connectivity index (χ3v) is 3.20. The molecule has 21 heavy (non-hydrogen) atoms. The van der Waals surface area contributed by atoms with Crippen molar-refractivity contribution in [3.63, 3.8) is 0 Å². The highest BCUT2D eigenvalue weighted by molar-refractivity contribution is 5.87. The van der Waals surface area contributed by atoms with Crippen LogP contribution in [0.5, 0.6) is 0 Å². The second-order valence-electron chi connectivity index (χ2n) is 4.76. The van der Waals surface area contributed by atoms with Crippen molar-refractivity contribution in [3.8, 4) is 0 Å². The van der Waals surface area contributed by atoms with Crippen molar-refractivity contribution in [2.45, 2.75) is 12.3 Å². The van der Waals surface area contributed by atoms with E-state index in [1.807, 2.05) is 60.7 Å². The van der Waals surface area contributed by atoms with E-state index in [4.69, 9.17) is 5.73 Å². The molecule has 4 heteroatoms. The first kappa shape index (κ1) is 14.8. The van der Waals surface area contributed by atoms with E-state index in [1.165, 1.54) is 0 Å². The number of benzene rings is 2. The molecule has 0 atom stereocenters. The number of hydrogen-bond donors (Lipinski definition) is 2. The molecule has 0 fully saturated rings. The Kier molecular flexibility index (Phi) is 5.10. The fourth-order valence-electron chi connectivity index (χ4n) is 2.20. The van der Waals surface area contributed by atoms with Crippen molar-refractivity contribution in [2.75, 3.05) is 6.54 Å². The van der Waals surface area contributed by atoms with Gasteiger partial charge in [-0.25, -0.2) is 0 Å². The summed E-state index contributed by atoms with van der Waals surface area (Å²) in [6, 6.07) is 19.1. The number of hydrogen-bond acceptors (Lipinski definition) is 2. The van der Waals surface area contributed by atoms with Crippen molar-refractivity contribution in [1.29, 1.82) is 0 Å². The zero-order valence-corrected chi connectivity index (χ0v) is 11.7. The lowest BCUT2D eigenvalue weighted by Gasteiger charge is -2.17. The minimum absolute atomic E-state index is 0.131. The zero-order chi connectivity index (χ0) is 15.1. The number of carbonyl (C=O) groups excluding carboxylic acids is 2. The maximum absolute atomic E-state index is 12.5. The topological polar surface area (TPSA) is 72.2 Å². The van der Waals surface area contributed by atoms with E-state index in [9.17, 15) is 9.59 Å². The van der Waals surface area contributed by atoms with Crippen molar-refractivity contribution in [2.24, 2.45) is 5.73 Å². The van der Waals surface area contributed by atoms with Crippen LogP contribution in [-0.2, 0) is 9.59 Å². The molecule has 0 aromatic heterocycles. The number of nitrogens with one attached hydrogen (secondary N) is 1. The van der Waals surface area contributed by atoms with Crippen molar-refractivity contribution < 1.29 is 9.59 Å². The van der Waals surface area contributed by atoms with Gasteiger partial charge in [-0.15, -0.1) is 0 Å². The molecule has 0 heterocycles. The van der Waals surface area contributed by atoms with Crippen LogP contribution >= 0.6 is 0 Å². The van der Waals surface area contributed by atoms with Gasteiger partial charge < -0.3 is 11.1 Å². The molecule has 2 amide bonds. The SMILES string of the molecule is NC(=O)CCNC(=O)C(c1ccccc1)c1ccccc1. The molecule has 0 saturated carbocycles. The van der Waals surface area contributed by atoms with E-state index in [0.29, 0.717) is 0 Å². The molecule has 0 unspecified atom stereocenters. The van der Waals surface area contributed by atoms with Gasteiger partial charge >= 0.3 is 0 Å². The summed E-state index contributed by atoms with van der Waals surface area (Å²) in [5, 5.41) is 2.77. The van der Waals surface area contributed by atoms with Gasteiger partial charge in [0, 0.05) is 13.0 Å². The lowest BCUT2D eigenvalue weighted by Crippen LogP contribution is -2.32. The van der Waals surface area contributed by atoms with Crippen LogP contribution in [-0.4, -0.2) is 18.4 Å². The molecule has 0 aliphatic rings. The number of rotatable bonds is 6. The highest BCUT2D eigenvalue weighted by Crippen LogP contribution is 2.24. The van der Waals surface area contributed by atoms with Crippen molar-refractivity contribution >= 4 is 11.8 Å². The summed E-state index contributed by atoms with van der Waals surface area (Å²) in [7, 11) is 0. The average molecular weight is 282 g/mol. The fourth-order valence-corrected chi connectivity index (χ4v) is 2.20. The van der Waals surface area contributed by atoms with Crippen molar-refractivity contribution in [1.82, 2.24) is 5.32 Å². The summed E-state index contributed by atoms with van der Waals surface area (Å²) in [4.78, 5) is 23.2. The van der Waals surface area contributed by atoms with E-state index in [1.54, 1.807) is 0 Å². The Morgan fingerprint density at radius 1 is 0.905 bits per heavy atom. The molecular weight excluding hydrogens is 264 g/mol. The Bertz CT molecular complexity index is 557. The molecule has 0 saturated heterocycles. The van der Waals surface area contributed by atoms with Gasteiger partial charge in [0.1, 0.15) is 0 Å². The van der Waals surface area contributed by atoms with E-state index < -0.39 is 5.91 Å². The van der Waals surface area contributed by atoms with E-state index in [2.05, 4.69) is 5.32 Å². The molecule has 4 nitrogen and oxygen atoms in total. The molecular formula is C17H18N2O2. The van der Waals surface area contributed by atoms with E-state index in [-0.39, 0.29) is 24.8 Å². The van der Waals surface area contributed by atoms with Crippen LogP contribution in [0.15, 0.2) is 60.7 Å². The lowest BCUT2D eigenvalue weighted by atomic mass is 9.90. The Morgan fingerprint density at radius 2 is 1.38 bits per heavy atom. The van der Waals surface area contributed by atoms with Gasteiger partial charge in [0.05, 0.1) is 5.92 Å². The van der Waals surface area contributed by atoms with Gasteiger partial charge in [-0.05, 0) is 11.1 Å². The Morgan fingerprint density at radius 3 is 1.81 bits per heavy atom. The summed E-state index contributed by atoms with van der Waals surface area (Å²) in [6.07, 6.45) is 0.141. The zero-order valence-electron chi connectivity index (χ0n) is 11.7. The summed E-state index contributed by atoms with van der Waals surface area (Å²) >= 11 is 0. The largest absolute Gasteiger partial charge is 0.370 e. The van der Waals surface area contributed by atoms with Crippen molar-refractivity contribution in [3.05, 3.63) is 71.8 Å². The maximum Gasteiger partial charge on any atom is 0.232 e. The third-order valence-electron chi connectivity index (χ3n) is 3.20. The minimum atomic E-state index is -0.425. The molecule has 3 N–H and O–H groups in total. The highest BCUT2D eigenvalue weighted by atomic mass is 16.2. The first-order valence-corrected chi connectivity index (χ1v) is 6.84. The lowest BCUT2D eigenvalue weighted by molar-refractivity contribution is -0.122. The van der Waals surface area contributed by atoms with E-state index in [0.717, 1.165) is 11.1 Å². The standard InChI is InChI=1S/C17H18N2O2/c18-15(20)11-12-19-17(21)16(13-7-3-1-4-8-13)14-9-5-2-6-10-14/h1-10,16H,11-12H2,(H2,18,20)(H,19,21). The smallest absolute Gasteiger partial charge is 0.232 e. The number of carbonyl (C=O) groups is 2. The van der Waals surface area contributed by atoms with Gasteiger partial charge in [-0.1, -0.05) is 60.7 Å². The Hall–Kier alpha value is -2.62. The molecule has 0 radical (unpaired) electrons. The molecule has 0 bridgehead atoms. The van der Waals surface area contributed by atoms with Crippen LogP contribution in [0.25, 0.3) is 0 Å². The predicted octanol–water partition coefficient (Wildman–Crippen LogP) is 1.81. The van der Waals surface area contributed by atoms with Crippen LogP contribution in [0.3, 0.4) is 0 Å².